The molecule has 4 heteroatoms. The lowest BCUT2D eigenvalue weighted by molar-refractivity contribution is -0.0436. The predicted octanol–water partition coefficient (Wildman–Crippen LogP) is 1.38. The van der Waals surface area contributed by atoms with E-state index in [0.29, 0.717) is 0 Å². The summed E-state index contributed by atoms with van der Waals surface area (Å²) in [6.07, 6.45) is 0. The molecule has 0 N–H and O–H groups in total. The Morgan fingerprint density at radius 2 is 1.80 bits per heavy atom. The third-order valence-electron chi connectivity index (χ3n) is 0.0673. The first-order chi connectivity index (χ1) is 2.27. The Labute approximate surface area is 32.7 Å². The molecular formula is CHClF2O. The molecule has 0 rings (SSSR count). The SMILES string of the molecule is FC(F)OCl. The van der Waals surface area contributed by atoms with Gasteiger partial charge in [-0.3, -0.25) is 0 Å². The lowest BCUT2D eigenvalue weighted by Crippen LogP contribution is -1.83. The zero-order chi connectivity index (χ0) is 4.28. The summed E-state index contributed by atoms with van der Waals surface area (Å²) >= 11 is 4.09. The van der Waals surface area contributed by atoms with Gasteiger partial charge in [-0.25, -0.2) is 4.29 Å². The molecule has 0 amide bonds. The topological polar surface area (TPSA) is 9.23 Å². The van der Waals surface area contributed by atoms with Crippen LogP contribution in [0.5, 0.6) is 0 Å². The highest BCUT2D eigenvalue weighted by molar-refractivity contribution is 6.07. The van der Waals surface area contributed by atoms with Gasteiger partial charge >= 0.3 is 6.61 Å². The molecule has 0 aliphatic heterocycles. The predicted molar refractivity (Wildman–Crippen MR) is 12.9 cm³/mol. The van der Waals surface area contributed by atoms with Crippen molar-refractivity contribution in [3.8, 4) is 0 Å². The van der Waals surface area contributed by atoms with Crippen LogP contribution in [-0.2, 0) is 4.29 Å². The van der Waals surface area contributed by atoms with Crippen LogP contribution in [0.3, 0.4) is 0 Å². The van der Waals surface area contributed by atoms with Crippen molar-refractivity contribution in [2.24, 2.45) is 0 Å². The summed E-state index contributed by atoms with van der Waals surface area (Å²) in [5.41, 5.74) is 0. The second kappa shape index (κ2) is 2.35. The largest absolute Gasteiger partial charge is 0.360 e. The summed E-state index contributed by atoms with van der Waals surface area (Å²) < 4.78 is 23.7. The van der Waals surface area contributed by atoms with Crippen LogP contribution in [0.2, 0.25) is 0 Å². The van der Waals surface area contributed by atoms with Crippen molar-refractivity contribution in [2.45, 2.75) is 6.61 Å². The van der Waals surface area contributed by atoms with Crippen LogP contribution >= 0.6 is 11.9 Å². The zero-order valence-electron chi connectivity index (χ0n) is 2.12. The highest BCUT2D eigenvalue weighted by atomic mass is 35.5. The Morgan fingerprint density at radius 1 is 1.60 bits per heavy atom. The van der Waals surface area contributed by atoms with Gasteiger partial charge in [-0.05, 0) is 0 Å². The maximum absolute atomic E-state index is 10.4. The van der Waals surface area contributed by atoms with Gasteiger partial charge in [0.05, 0.1) is 11.9 Å². The maximum Gasteiger partial charge on any atom is 0.360 e. The van der Waals surface area contributed by atoms with Crippen LogP contribution in [0, 0.1) is 0 Å². The van der Waals surface area contributed by atoms with Crippen LogP contribution in [0.1, 0.15) is 0 Å². The van der Waals surface area contributed by atoms with Gasteiger partial charge in [0.15, 0.2) is 0 Å². The standard InChI is InChI=1S/CHClF2O/c2-5-1(3)4/h1H. The molecule has 0 heterocycles. The van der Waals surface area contributed by atoms with Crippen molar-refractivity contribution in [1.29, 1.82) is 0 Å². The van der Waals surface area contributed by atoms with Gasteiger partial charge in [-0.1, -0.05) is 0 Å². The van der Waals surface area contributed by atoms with E-state index >= 15 is 0 Å². The Kier molecular flexibility index (Phi) is 2.41. The van der Waals surface area contributed by atoms with Crippen LogP contribution in [0.4, 0.5) is 8.78 Å². The molecular weight excluding hydrogens is 101 g/mol. The molecule has 0 unspecified atom stereocenters. The average molecular weight is 102 g/mol. The van der Waals surface area contributed by atoms with E-state index in [1.54, 1.807) is 0 Å². The average Bonchev–Trinajstić information content (AvgIpc) is 1.38. The highest BCUT2D eigenvalue weighted by Gasteiger charge is 1.93. The molecule has 0 fully saturated rings. The first kappa shape index (κ1) is 5.11. The van der Waals surface area contributed by atoms with Crippen molar-refractivity contribution in [3.63, 3.8) is 0 Å². The molecule has 1 nitrogen and oxygen atoms in total. The summed E-state index contributed by atoms with van der Waals surface area (Å²) in [6, 6.07) is 0. The van der Waals surface area contributed by atoms with E-state index in [1.165, 1.54) is 0 Å². The molecule has 0 atom stereocenters. The molecule has 0 aliphatic carbocycles. The molecule has 0 bridgehead atoms. The quantitative estimate of drug-likeness (QED) is 0.486. The third kappa shape index (κ3) is 4.11. The lowest BCUT2D eigenvalue weighted by atomic mass is 11.5. The minimum atomic E-state index is -2.85. The maximum atomic E-state index is 10.4. The van der Waals surface area contributed by atoms with Crippen LogP contribution < -0.4 is 0 Å². The molecule has 32 valence electrons. The van der Waals surface area contributed by atoms with E-state index in [4.69, 9.17) is 0 Å². The zero-order valence-corrected chi connectivity index (χ0v) is 2.88. The molecule has 0 aromatic carbocycles. The number of rotatable bonds is 1. The lowest BCUT2D eigenvalue weighted by Gasteiger charge is -1.81. The third-order valence-corrected chi connectivity index (χ3v) is 0.202. The fraction of sp³-hybridized carbons (Fsp3) is 1.00. The fourth-order valence-electron chi connectivity index (χ4n) is 0. The van der Waals surface area contributed by atoms with Gasteiger partial charge in [-0.15, -0.1) is 0 Å². The highest BCUT2D eigenvalue weighted by Crippen LogP contribution is 1.94. The van der Waals surface area contributed by atoms with Crippen LogP contribution in [-0.4, -0.2) is 6.61 Å². The summed E-state index contributed by atoms with van der Waals surface area (Å²) in [6.45, 7) is -2.85. The Balaban J connectivity index is 2.54. The first-order valence-corrected chi connectivity index (χ1v) is 1.14. The Bertz CT molecular complexity index is 23.6. The fourth-order valence-corrected chi connectivity index (χ4v) is 0. The summed E-state index contributed by atoms with van der Waals surface area (Å²) in [5.74, 6) is 0. The van der Waals surface area contributed by atoms with Gasteiger partial charge in [0.2, 0.25) is 0 Å². The number of halogens is 3. The van der Waals surface area contributed by atoms with Crippen molar-refractivity contribution in [3.05, 3.63) is 0 Å². The van der Waals surface area contributed by atoms with Gasteiger partial charge < -0.3 is 0 Å². The van der Waals surface area contributed by atoms with Crippen molar-refractivity contribution in [1.82, 2.24) is 0 Å². The molecule has 0 aliphatic rings. The van der Waals surface area contributed by atoms with E-state index in [0.717, 1.165) is 0 Å². The number of hydrogen-bond donors (Lipinski definition) is 0. The first-order valence-electron chi connectivity index (χ1n) is 0.826. The second-order valence-electron chi connectivity index (χ2n) is 0.350. The monoisotopic (exact) mass is 102 g/mol. The second-order valence-corrected chi connectivity index (χ2v) is 0.528. The van der Waals surface area contributed by atoms with E-state index in [2.05, 4.69) is 16.2 Å². The van der Waals surface area contributed by atoms with Crippen molar-refractivity contribution in [2.75, 3.05) is 0 Å². The van der Waals surface area contributed by atoms with Crippen LogP contribution in [0.15, 0.2) is 0 Å². The summed E-state index contributed by atoms with van der Waals surface area (Å²) in [7, 11) is 0. The van der Waals surface area contributed by atoms with E-state index < -0.39 is 6.61 Å². The molecule has 0 saturated heterocycles. The van der Waals surface area contributed by atoms with Gasteiger partial charge in [0.25, 0.3) is 0 Å². The number of hydrogen-bond acceptors (Lipinski definition) is 1. The minimum absolute atomic E-state index is 2.85. The number of alkyl halides is 2. The van der Waals surface area contributed by atoms with Gasteiger partial charge in [0.1, 0.15) is 0 Å². The van der Waals surface area contributed by atoms with E-state index in [9.17, 15) is 8.78 Å². The molecule has 0 saturated carbocycles. The summed E-state index contributed by atoms with van der Waals surface area (Å²) in [4.78, 5) is 0. The molecule has 0 radical (unpaired) electrons. The van der Waals surface area contributed by atoms with Crippen LogP contribution in [0.25, 0.3) is 0 Å². The molecule has 0 spiro atoms. The normalized spacial score (nSPS) is 9.60. The Morgan fingerprint density at radius 3 is 1.80 bits per heavy atom. The smallest absolute Gasteiger partial charge is 0.211 e. The van der Waals surface area contributed by atoms with Crippen molar-refractivity contribution >= 4 is 11.9 Å². The van der Waals surface area contributed by atoms with Gasteiger partial charge in [-0.2, -0.15) is 8.78 Å². The molecule has 0 aromatic rings. The molecule has 0 aromatic heterocycles. The Hall–Kier alpha value is 0.110. The minimum Gasteiger partial charge on any atom is -0.211 e. The molecule has 5 heavy (non-hydrogen) atoms. The van der Waals surface area contributed by atoms with E-state index in [-0.39, 0.29) is 0 Å². The van der Waals surface area contributed by atoms with Crippen molar-refractivity contribution < 1.29 is 13.1 Å². The summed E-state index contributed by atoms with van der Waals surface area (Å²) in [5, 5.41) is 0. The van der Waals surface area contributed by atoms with Gasteiger partial charge in [0, 0.05) is 0 Å². The van der Waals surface area contributed by atoms with E-state index in [1.807, 2.05) is 0 Å².